The van der Waals surface area contributed by atoms with Crippen LogP contribution in [0.5, 0.6) is 0 Å². The molecule has 86 valence electrons. The number of carbonyl (C=O) groups is 1. The molecule has 4 nitrogen and oxygen atoms in total. The van der Waals surface area contributed by atoms with Crippen molar-refractivity contribution in [3.05, 3.63) is 15.6 Å². The molecule has 0 bridgehead atoms. The first kappa shape index (κ1) is 12.7. The Bertz CT molecular complexity index is 443. The van der Waals surface area contributed by atoms with Gasteiger partial charge in [-0.3, -0.25) is 4.79 Å². The lowest BCUT2D eigenvalue weighted by atomic mass is 9.96. The molecule has 0 aliphatic carbocycles. The molecule has 0 aliphatic rings. The molecule has 1 rings (SSSR count). The molecule has 5 heteroatoms. The van der Waals surface area contributed by atoms with Crippen molar-refractivity contribution in [1.82, 2.24) is 10.3 Å². The molecular weight excluding hydrogens is 222 g/mol. The first-order valence-corrected chi connectivity index (χ1v) is 5.81. The van der Waals surface area contributed by atoms with Crippen molar-refractivity contribution in [1.29, 1.82) is 5.26 Å². The summed E-state index contributed by atoms with van der Waals surface area (Å²) in [5.41, 5.74) is 0.207. The average molecular weight is 237 g/mol. The van der Waals surface area contributed by atoms with Crippen LogP contribution in [0, 0.1) is 30.6 Å². The van der Waals surface area contributed by atoms with E-state index in [2.05, 4.69) is 16.4 Å². The SMILES string of the molecule is Cc1nc(C)c(C(=O)NCC(C)(C)C#N)s1. The maximum absolute atomic E-state index is 11.8. The number of hydrogen-bond acceptors (Lipinski definition) is 4. The van der Waals surface area contributed by atoms with Gasteiger partial charge < -0.3 is 5.32 Å². The molecule has 1 aromatic heterocycles. The lowest BCUT2D eigenvalue weighted by molar-refractivity contribution is 0.0947. The predicted molar refractivity (Wildman–Crippen MR) is 63.3 cm³/mol. The van der Waals surface area contributed by atoms with Gasteiger partial charge >= 0.3 is 0 Å². The van der Waals surface area contributed by atoms with E-state index in [-0.39, 0.29) is 5.91 Å². The van der Waals surface area contributed by atoms with E-state index in [1.54, 1.807) is 13.8 Å². The highest BCUT2D eigenvalue weighted by Crippen LogP contribution is 2.17. The summed E-state index contributed by atoms with van der Waals surface area (Å²) >= 11 is 1.37. The first-order valence-electron chi connectivity index (χ1n) is 4.99. The third-order valence-corrected chi connectivity index (χ3v) is 3.17. The number of rotatable bonds is 3. The van der Waals surface area contributed by atoms with Crippen LogP contribution in [0.15, 0.2) is 0 Å². The van der Waals surface area contributed by atoms with Crippen LogP contribution in [0.4, 0.5) is 0 Å². The molecule has 1 aromatic rings. The normalized spacial score (nSPS) is 10.9. The summed E-state index contributed by atoms with van der Waals surface area (Å²) in [7, 11) is 0. The predicted octanol–water partition coefficient (Wildman–Crippen LogP) is 2.04. The van der Waals surface area contributed by atoms with E-state index in [0.717, 1.165) is 10.7 Å². The topological polar surface area (TPSA) is 65.8 Å². The van der Waals surface area contributed by atoms with Crippen LogP contribution in [-0.4, -0.2) is 17.4 Å². The summed E-state index contributed by atoms with van der Waals surface area (Å²) in [5, 5.41) is 12.5. The summed E-state index contributed by atoms with van der Waals surface area (Å²) in [6.45, 7) is 7.61. The Morgan fingerprint density at radius 2 is 2.19 bits per heavy atom. The van der Waals surface area contributed by atoms with E-state index in [9.17, 15) is 4.79 Å². The van der Waals surface area contributed by atoms with E-state index < -0.39 is 5.41 Å². The van der Waals surface area contributed by atoms with E-state index in [1.807, 2.05) is 13.8 Å². The average Bonchev–Trinajstić information content (AvgIpc) is 2.54. The largest absolute Gasteiger partial charge is 0.350 e. The second kappa shape index (κ2) is 4.62. The van der Waals surface area contributed by atoms with E-state index >= 15 is 0 Å². The zero-order chi connectivity index (χ0) is 12.3. The molecule has 1 heterocycles. The fraction of sp³-hybridized carbons (Fsp3) is 0.545. The Morgan fingerprint density at radius 1 is 1.56 bits per heavy atom. The van der Waals surface area contributed by atoms with Crippen LogP contribution in [0.1, 0.15) is 34.2 Å². The van der Waals surface area contributed by atoms with Crippen LogP contribution in [-0.2, 0) is 0 Å². The van der Waals surface area contributed by atoms with Gasteiger partial charge in [-0.25, -0.2) is 4.98 Å². The molecular formula is C11H15N3OS. The maximum atomic E-state index is 11.8. The molecule has 0 aromatic carbocycles. The van der Waals surface area contributed by atoms with Gasteiger partial charge in [-0.05, 0) is 27.7 Å². The number of thiazole rings is 1. The Kier molecular flexibility index (Phi) is 3.66. The monoisotopic (exact) mass is 237 g/mol. The van der Waals surface area contributed by atoms with Gasteiger partial charge in [-0.15, -0.1) is 11.3 Å². The molecule has 0 radical (unpaired) electrons. The van der Waals surface area contributed by atoms with E-state index in [4.69, 9.17) is 5.26 Å². The summed E-state index contributed by atoms with van der Waals surface area (Å²) in [5.74, 6) is -0.147. The third-order valence-electron chi connectivity index (χ3n) is 2.10. The van der Waals surface area contributed by atoms with Crippen molar-refractivity contribution in [3.63, 3.8) is 0 Å². The Morgan fingerprint density at radius 3 is 2.62 bits per heavy atom. The van der Waals surface area contributed by atoms with Gasteiger partial charge in [-0.1, -0.05) is 0 Å². The number of aryl methyl sites for hydroxylation is 2. The summed E-state index contributed by atoms with van der Waals surface area (Å²) in [6, 6.07) is 2.14. The highest BCUT2D eigenvalue weighted by atomic mass is 32.1. The van der Waals surface area contributed by atoms with Crippen molar-refractivity contribution in [2.24, 2.45) is 5.41 Å². The minimum atomic E-state index is -0.538. The lowest BCUT2D eigenvalue weighted by Gasteiger charge is -2.15. The van der Waals surface area contributed by atoms with Crippen molar-refractivity contribution < 1.29 is 4.79 Å². The molecule has 0 aliphatic heterocycles. The number of nitrogens with one attached hydrogen (secondary N) is 1. The van der Waals surface area contributed by atoms with Gasteiger partial charge in [0.25, 0.3) is 5.91 Å². The zero-order valence-electron chi connectivity index (χ0n) is 9.92. The molecule has 0 unspecified atom stereocenters. The number of carbonyl (C=O) groups excluding carboxylic acids is 1. The zero-order valence-corrected chi connectivity index (χ0v) is 10.7. The quantitative estimate of drug-likeness (QED) is 0.874. The fourth-order valence-corrected chi connectivity index (χ4v) is 2.00. The number of hydrogen-bond donors (Lipinski definition) is 1. The van der Waals surface area contributed by atoms with Crippen molar-refractivity contribution in [2.75, 3.05) is 6.54 Å². The van der Waals surface area contributed by atoms with Crippen LogP contribution in [0.2, 0.25) is 0 Å². The number of aromatic nitrogens is 1. The number of amides is 1. The van der Waals surface area contributed by atoms with Gasteiger partial charge in [0.05, 0.1) is 22.2 Å². The van der Waals surface area contributed by atoms with Crippen molar-refractivity contribution in [3.8, 4) is 6.07 Å². The minimum absolute atomic E-state index is 0.147. The summed E-state index contributed by atoms with van der Waals surface area (Å²) < 4.78 is 0. The molecule has 0 saturated heterocycles. The summed E-state index contributed by atoms with van der Waals surface area (Å²) in [6.07, 6.45) is 0. The van der Waals surface area contributed by atoms with Crippen LogP contribution in [0.3, 0.4) is 0 Å². The van der Waals surface area contributed by atoms with Gasteiger partial charge in [0.1, 0.15) is 4.88 Å². The van der Waals surface area contributed by atoms with Gasteiger partial charge in [0, 0.05) is 6.54 Å². The minimum Gasteiger partial charge on any atom is -0.350 e. The molecule has 0 atom stereocenters. The highest BCUT2D eigenvalue weighted by molar-refractivity contribution is 7.13. The van der Waals surface area contributed by atoms with Crippen LogP contribution in [0.25, 0.3) is 0 Å². The van der Waals surface area contributed by atoms with Crippen LogP contribution < -0.4 is 5.32 Å². The maximum Gasteiger partial charge on any atom is 0.263 e. The Labute approximate surface area is 99.3 Å². The Hall–Kier alpha value is -1.41. The van der Waals surface area contributed by atoms with Crippen molar-refractivity contribution in [2.45, 2.75) is 27.7 Å². The van der Waals surface area contributed by atoms with Gasteiger partial charge in [-0.2, -0.15) is 5.26 Å². The molecule has 0 saturated carbocycles. The van der Waals surface area contributed by atoms with Gasteiger partial charge in [0.2, 0.25) is 0 Å². The number of nitrogens with zero attached hydrogens (tertiary/aromatic N) is 2. The summed E-state index contributed by atoms with van der Waals surface area (Å²) in [4.78, 5) is 16.6. The van der Waals surface area contributed by atoms with Gasteiger partial charge in [0.15, 0.2) is 0 Å². The lowest BCUT2D eigenvalue weighted by Crippen LogP contribution is -2.33. The molecule has 1 amide bonds. The Balaban J connectivity index is 2.68. The second-order valence-electron chi connectivity index (χ2n) is 4.33. The smallest absolute Gasteiger partial charge is 0.263 e. The van der Waals surface area contributed by atoms with E-state index in [1.165, 1.54) is 11.3 Å². The molecule has 0 fully saturated rings. The molecule has 16 heavy (non-hydrogen) atoms. The standard InChI is InChI=1S/C11H15N3OS/c1-7-9(16-8(2)14-7)10(15)13-6-11(3,4)5-12/h6H2,1-4H3,(H,13,15). The van der Waals surface area contributed by atoms with Crippen molar-refractivity contribution >= 4 is 17.2 Å². The van der Waals surface area contributed by atoms with E-state index in [0.29, 0.717) is 11.4 Å². The highest BCUT2D eigenvalue weighted by Gasteiger charge is 2.20. The van der Waals surface area contributed by atoms with Crippen LogP contribution >= 0.6 is 11.3 Å². The fourth-order valence-electron chi connectivity index (χ4n) is 1.16. The molecule has 1 N–H and O–H groups in total. The number of nitriles is 1. The molecule has 0 spiro atoms. The second-order valence-corrected chi connectivity index (χ2v) is 5.53. The first-order chi connectivity index (χ1) is 7.35. The third kappa shape index (κ3) is 3.04.